The summed E-state index contributed by atoms with van der Waals surface area (Å²) in [5.41, 5.74) is 0.980. The normalized spacial score (nSPS) is 32.4. The topological polar surface area (TPSA) is 67.4 Å². The highest BCUT2D eigenvalue weighted by atomic mass is 35.5. The first-order valence-electron chi connectivity index (χ1n) is 12.9. The Morgan fingerprint density at radius 1 is 1.21 bits per heavy atom. The molecule has 2 saturated heterocycles. The van der Waals surface area contributed by atoms with Gasteiger partial charge in [0.05, 0.1) is 11.5 Å². The lowest BCUT2D eigenvalue weighted by molar-refractivity contribution is -0.144. The largest absolute Gasteiger partial charge is 0.377 e. The minimum atomic E-state index is -0.552. The zero-order valence-electron chi connectivity index (χ0n) is 20.9. The number of halogens is 1. The SMILES string of the molecule is Cc1c(SC2CCOC2C)cc(Cl)cc1C(=O)NCC1(C2CCCCC2)C(=O)NC(C)CC1C. The van der Waals surface area contributed by atoms with Crippen LogP contribution in [0.3, 0.4) is 0 Å². The molecule has 0 bridgehead atoms. The maximum absolute atomic E-state index is 13.5. The number of hydrogen-bond acceptors (Lipinski definition) is 4. The standard InChI is InChI=1S/C27H39ClN2O3S/c1-16-12-17(2)30-26(32)27(16,20-8-6-5-7-9-20)15-29-25(31)22-13-21(28)14-24(18(22)3)34-23-10-11-33-19(23)4/h13-14,16-17,19-20,23H,5-12,15H2,1-4H3,(H,29,31)(H,30,32). The van der Waals surface area contributed by atoms with Crippen molar-refractivity contribution < 1.29 is 14.3 Å². The van der Waals surface area contributed by atoms with Crippen molar-refractivity contribution in [2.75, 3.05) is 13.2 Å². The monoisotopic (exact) mass is 506 g/mol. The Hall–Kier alpha value is -1.24. The Balaban J connectivity index is 1.55. The molecule has 5 unspecified atom stereocenters. The van der Waals surface area contributed by atoms with Crippen LogP contribution in [-0.4, -0.2) is 42.4 Å². The number of ether oxygens (including phenoxy) is 1. The van der Waals surface area contributed by atoms with Crippen LogP contribution in [0, 0.1) is 24.2 Å². The lowest BCUT2D eigenvalue weighted by Gasteiger charge is -2.49. The first-order valence-corrected chi connectivity index (χ1v) is 14.2. The number of hydrogen-bond donors (Lipinski definition) is 2. The van der Waals surface area contributed by atoms with Crippen molar-refractivity contribution in [1.82, 2.24) is 10.6 Å². The number of carbonyl (C=O) groups excluding carboxylic acids is 2. The summed E-state index contributed by atoms with van der Waals surface area (Å²) in [5, 5.41) is 7.31. The van der Waals surface area contributed by atoms with E-state index >= 15 is 0 Å². The summed E-state index contributed by atoms with van der Waals surface area (Å²) in [6, 6.07) is 3.88. The summed E-state index contributed by atoms with van der Waals surface area (Å²) in [6.07, 6.45) is 7.79. The first kappa shape index (κ1) is 25.8. The van der Waals surface area contributed by atoms with Gasteiger partial charge in [0.2, 0.25) is 5.91 Å². The average molecular weight is 507 g/mol. The van der Waals surface area contributed by atoms with Gasteiger partial charge in [-0.15, -0.1) is 11.8 Å². The third kappa shape index (κ3) is 5.15. The summed E-state index contributed by atoms with van der Waals surface area (Å²) >= 11 is 8.21. The summed E-state index contributed by atoms with van der Waals surface area (Å²) < 4.78 is 5.72. The molecule has 2 N–H and O–H groups in total. The van der Waals surface area contributed by atoms with Crippen LogP contribution in [0.4, 0.5) is 0 Å². The fraction of sp³-hybridized carbons (Fsp3) is 0.704. The highest BCUT2D eigenvalue weighted by molar-refractivity contribution is 8.00. The van der Waals surface area contributed by atoms with E-state index in [9.17, 15) is 9.59 Å². The van der Waals surface area contributed by atoms with Crippen LogP contribution < -0.4 is 10.6 Å². The Labute approximate surface area is 213 Å². The van der Waals surface area contributed by atoms with Crippen molar-refractivity contribution in [1.29, 1.82) is 0 Å². The van der Waals surface area contributed by atoms with Gasteiger partial charge in [0.25, 0.3) is 5.91 Å². The van der Waals surface area contributed by atoms with Crippen LogP contribution in [0.2, 0.25) is 5.02 Å². The molecule has 2 aliphatic heterocycles. The molecule has 188 valence electrons. The van der Waals surface area contributed by atoms with Gasteiger partial charge in [-0.2, -0.15) is 0 Å². The third-order valence-corrected chi connectivity index (χ3v) is 10.2. The summed E-state index contributed by atoms with van der Waals surface area (Å²) in [6.45, 7) is 9.50. The Morgan fingerprint density at radius 3 is 2.59 bits per heavy atom. The second kappa shape index (κ2) is 10.8. The van der Waals surface area contributed by atoms with E-state index in [4.69, 9.17) is 16.3 Å². The highest BCUT2D eigenvalue weighted by Crippen LogP contribution is 2.47. The van der Waals surface area contributed by atoms with Crippen molar-refractivity contribution in [2.45, 2.75) is 94.9 Å². The molecular formula is C27H39ClN2O3S. The van der Waals surface area contributed by atoms with Gasteiger partial charge in [-0.05, 0) is 76.0 Å². The van der Waals surface area contributed by atoms with Crippen molar-refractivity contribution in [2.24, 2.45) is 17.3 Å². The van der Waals surface area contributed by atoms with E-state index in [1.54, 1.807) is 17.8 Å². The maximum atomic E-state index is 13.5. The minimum Gasteiger partial charge on any atom is -0.377 e. The molecule has 4 rings (SSSR count). The molecule has 0 radical (unpaired) electrons. The fourth-order valence-corrected chi connectivity index (χ4v) is 7.92. The molecule has 1 aromatic carbocycles. The van der Waals surface area contributed by atoms with Gasteiger partial charge in [0.1, 0.15) is 0 Å². The van der Waals surface area contributed by atoms with Gasteiger partial charge in [-0.25, -0.2) is 0 Å². The van der Waals surface area contributed by atoms with Crippen molar-refractivity contribution in [3.8, 4) is 0 Å². The smallest absolute Gasteiger partial charge is 0.251 e. The van der Waals surface area contributed by atoms with E-state index in [1.165, 1.54) is 6.42 Å². The predicted molar refractivity (Wildman–Crippen MR) is 139 cm³/mol. The maximum Gasteiger partial charge on any atom is 0.251 e. The average Bonchev–Trinajstić information content (AvgIpc) is 3.20. The molecule has 5 nitrogen and oxygen atoms in total. The molecule has 0 spiro atoms. The molecular weight excluding hydrogens is 468 g/mol. The zero-order chi connectivity index (χ0) is 24.5. The molecule has 2 amide bonds. The van der Waals surface area contributed by atoms with E-state index in [0.29, 0.717) is 28.3 Å². The Bertz CT molecular complexity index is 919. The van der Waals surface area contributed by atoms with Crippen molar-refractivity contribution >= 4 is 35.2 Å². The highest BCUT2D eigenvalue weighted by Gasteiger charge is 2.52. The molecule has 5 atom stereocenters. The summed E-state index contributed by atoms with van der Waals surface area (Å²) in [7, 11) is 0. The van der Waals surface area contributed by atoms with Crippen molar-refractivity contribution in [3.05, 3.63) is 28.3 Å². The molecule has 1 saturated carbocycles. The molecule has 34 heavy (non-hydrogen) atoms. The number of carbonyl (C=O) groups is 2. The minimum absolute atomic E-state index is 0.111. The quantitative estimate of drug-likeness (QED) is 0.514. The van der Waals surface area contributed by atoms with E-state index in [-0.39, 0.29) is 29.9 Å². The Morgan fingerprint density at radius 2 is 1.94 bits per heavy atom. The molecule has 0 aromatic heterocycles. The number of piperidine rings is 1. The van der Waals surface area contributed by atoms with Gasteiger partial charge in [0, 0.05) is 39.9 Å². The van der Waals surface area contributed by atoms with Gasteiger partial charge >= 0.3 is 0 Å². The number of thioether (sulfide) groups is 1. The van der Waals surface area contributed by atoms with Crippen LogP contribution in [-0.2, 0) is 9.53 Å². The number of amides is 2. The van der Waals surface area contributed by atoms with E-state index < -0.39 is 5.41 Å². The van der Waals surface area contributed by atoms with Crippen LogP contribution in [0.25, 0.3) is 0 Å². The fourth-order valence-electron chi connectivity index (χ4n) is 6.35. The number of benzene rings is 1. The lowest BCUT2D eigenvalue weighted by atomic mass is 9.59. The van der Waals surface area contributed by atoms with Gasteiger partial charge in [-0.3, -0.25) is 9.59 Å². The number of nitrogens with one attached hydrogen (secondary N) is 2. The van der Waals surface area contributed by atoms with Gasteiger partial charge in [-0.1, -0.05) is 37.8 Å². The van der Waals surface area contributed by atoms with E-state index in [1.807, 2.05) is 13.0 Å². The summed E-state index contributed by atoms with van der Waals surface area (Å²) in [4.78, 5) is 28.0. The molecule has 7 heteroatoms. The second-order valence-electron chi connectivity index (χ2n) is 10.7. The number of rotatable bonds is 6. The molecule has 3 aliphatic rings. The summed E-state index contributed by atoms with van der Waals surface area (Å²) in [5.74, 6) is 0.487. The van der Waals surface area contributed by atoms with Crippen LogP contribution >= 0.6 is 23.4 Å². The molecule has 2 heterocycles. The first-order chi connectivity index (χ1) is 16.2. The van der Waals surface area contributed by atoms with Crippen LogP contribution in [0.15, 0.2) is 17.0 Å². The molecule has 1 aliphatic carbocycles. The second-order valence-corrected chi connectivity index (χ2v) is 12.4. The van der Waals surface area contributed by atoms with Gasteiger partial charge in [0.15, 0.2) is 0 Å². The van der Waals surface area contributed by atoms with Gasteiger partial charge < -0.3 is 15.4 Å². The van der Waals surface area contributed by atoms with Crippen molar-refractivity contribution in [3.63, 3.8) is 0 Å². The van der Waals surface area contributed by atoms with E-state index in [2.05, 4.69) is 31.4 Å². The van der Waals surface area contributed by atoms with Crippen LogP contribution in [0.1, 0.15) is 81.6 Å². The predicted octanol–water partition coefficient (Wildman–Crippen LogP) is 5.76. The molecule has 1 aromatic rings. The Kier molecular flexibility index (Phi) is 8.20. The zero-order valence-corrected chi connectivity index (χ0v) is 22.5. The third-order valence-electron chi connectivity index (χ3n) is 8.42. The molecule has 3 fully saturated rings. The van der Waals surface area contributed by atoms with Crippen LogP contribution in [0.5, 0.6) is 0 Å². The van der Waals surface area contributed by atoms with E-state index in [0.717, 1.165) is 55.6 Å². The lowest BCUT2D eigenvalue weighted by Crippen LogP contribution is -2.62.